The van der Waals surface area contributed by atoms with Gasteiger partial charge >= 0.3 is 0 Å². The van der Waals surface area contributed by atoms with E-state index in [4.69, 9.17) is 42.3 Å². The molecule has 9 nitrogen and oxygen atoms in total. The van der Waals surface area contributed by atoms with Crippen LogP contribution in [0.15, 0.2) is 40.6 Å². The van der Waals surface area contributed by atoms with Crippen LogP contribution >= 0.6 is 23.4 Å². The van der Waals surface area contributed by atoms with Crippen LogP contribution in [-0.4, -0.2) is 46.2 Å². The summed E-state index contributed by atoms with van der Waals surface area (Å²) in [6.07, 6.45) is 0. The Hall–Kier alpha value is -3.04. The Labute approximate surface area is 189 Å². The van der Waals surface area contributed by atoms with Gasteiger partial charge < -0.3 is 18.9 Å². The van der Waals surface area contributed by atoms with Crippen LogP contribution in [0.3, 0.4) is 0 Å². The van der Waals surface area contributed by atoms with Crippen molar-refractivity contribution in [2.24, 2.45) is 10.2 Å². The summed E-state index contributed by atoms with van der Waals surface area (Å²) in [6.45, 7) is 1.20. The number of halogens is 2. The number of Topliss-reactive ketones (excluding diaryl/α,β-unsaturated/α-hetero) is 1. The number of benzene rings is 2. The molecule has 0 aliphatic rings. The van der Waals surface area contributed by atoms with E-state index in [1.807, 2.05) is 0 Å². The van der Waals surface area contributed by atoms with E-state index >= 15 is 0 Å². The molecule has 2 aromatic rings. The molecule has 1 atom stereocenters. The van der Waals surface area contributed by atoms with Gasteiger partial charge in [-0.15, -0.1) is 5.11 Å². The minimum Gasteiger partial charge on any atom is -0.497 e. The Kier molecular flexibility index (Phi) is 8.47. The van der Waals surface area contributed by atoms with Crippen LogP contribution in [0.25, 0.3) is 0 Å². The fourth-order valence-corrected chi connectivity index (χ4v) is 3.04. The van der Waals surface area contributed by atoms with E-state index in [-0.39, 0.29) is 27.9 Å². The molecule has 166 valence electrons. The summed E-state index contributed by atoms with van der Waals surface area (Å²) < 4.78 is 21.5. The van der Waals surface area contributed by atoms with Crippen LogP contribution in [0.5, 0.6) is 23.0 Å². The zero-order valence-corrected chi connectivity index (χ0v) is 19.0. The number of ether oxygens (including phenoxy) is 4. The number of methoxy groups -OCH3 is 4. The molecule has 1 unspecified atom stereocenters. The summed E-state index contributed by atoms with van der Waals surface area (Å²) in [5.41, 5.74) is 0.305. The molecule has 0 radical (unpaired) electrons. The molecule has 1 amide bonds. The number of anilines is 1. The first kappa shape index (κ1) is 24.2. The molecule has 0 spiro atoms. The molecule has 0 saturated carbocycles. The highest BCUT2D eigenvalue weighted by Gasteiger charge is 2.30. The predicted molar refractivity (Wildman–Crippen MR) is 116 cm³/mol. The molecule has 0 aliphatic carbocycles. The monoisotopic (exact) mass is 469 g/mol. The minimum absolute atomic E-state index is 0.103. The van der Waals surface area contributed by atoms with Crippen molar-refractivity contribution in [3.05, 3.63) is 35.4 Å². The second-order valence-electron chi connectivity index (χ2n) is 6.02. The van der Waals surface area contributed by atoms with E-state index in [1.54, 1.807) is 24.3 Å². The van der Waals surface area contributed by atoms with Gasteiger partial charge in [0.15, 0.2) is 5.78 Å². The van der Waals surface area contributed by atoms with Crippen molar-refractivity contribution >= 4 is 46.4 Å². The minimum atomic E-state index is -1.53. The third-order valence-corrected chi connectivity index (χ3v) is 4.88. The van der Waals surface area contributed by atoms with Gasteiger partial charge in [-0.2, -0.15) is 5.11 Å². The average Bonchev–Trinajstić information content (AvgIpc) is 2.78. The molecular formula is C20H21Cl2N3O6. The molecule has 0 fully saturated rings. The van der Waals surface area contributed by atoms with Gasteiger partial charge in [-0.25, -0.2) is 4.42 Å². The molecule has 0 aliphatic heterocycles. The summed E-state index contributed by atoms with van der Waals surface area (Å²) in [5, 5.41) is 7.98. The third kappa shape index (κ3) is 5.36. The molecule has 0 bridgehead atoms. The number of rotatable bonds is 9. The molecule has 0 saturated heterocycles. The van der Waals surface area contributed by atoms with Crippen molar-refractivity contribution in [3.63, 3.8) is 0 Å². The number of carbonyl (C=O) groups excluding carboxylic acids is 2. The quantitative estimate of drug-likeness (QED) is 0.302. The number of carbonyl (C=O) groups is 2. The Morgan fingerprint density at radius 3 is 2.10 bits per heavy atom. The Morgan fingerprint density at radius 2 is 1.55 bits per heavy atom. The summed E-state index contributed by atoms with van der Waals surface area (Å²) in [5.74, 6) is -0.0442. The number of amides is 1. The lowest BCUT2D eigenvalue weighted by Crippen LogP contribution is -2.36. The normalized spacial score (nSPS) is 11.7. The number of hydrogen-bond acceptors (Lipinski definition) is 8. The zero-order valence-electron chi connectivity index (χ0n) is 17.5. The first-order valence-electron chi connectivity index (χ1n) is 8.82. The van der Waals surface area contributed by atoms with Gasteiger partial charge in [0.05, 0.1) is 28.4 Å². The van der Waals surface area contributed by atoms with Crippen molar-refractivity contribution in [3.8, 4) is 23.0 Å². The van der Waals surface area contributed by atoms with Crippen molar-refractivity contribution in [1.82, 2.24) is 0 Å². The van der Waals surface area contributed by atoms with E-state index < -0.39 is 17.7 Å². The van der Waals surface area contributed by atoms with Crippen LogP contribution < -0.4 is 23.4 Å². The lowest BCUT2D eigenvalue weighted by Gasteiger charge is -2.19. The van der Waals surface area contributed by atoms with E-state index in [1.165, 1.54) is 41.4 Å². The maximum Gasteiger partial charge on any atom is 0.276 e. The van der Waals surface area contributed by atoms with E-state index in [9.17, 15) is 9.59 Å². The largest absolute Gasteiger partial charge is 0.497 e. The van der Waals surface area contributed by atoms with Crippen LogP contribution in [0.4, 0.5) is 11.4 Å². The van der Waals surface area contributed by atoms with Crippen LogP contribution in [0, 0.1) is 0 Å². The Bertz CT molecular complexity index is 999. The number of azo groups is 1. The summed E-state index contributed by atoms with van der Waals surface area (Å²) in [6, 6.07) is 6.27. The Balaban J connectivity index is 2.41. The standard InChI is InChI=1S/C20H21Cl2N3O6/c1-11(26)18(23-24-19-15(30-4)9-8-14(29-3)17(19)21)20(27)25(22)13-7-6-12(28-2)10-16(13)31-5/h6-10,18H,1-5H3. The number of nitrogens with zero attached hydrogens (tertiary/aromatic N) is 3. The first-order valence-corrected chi connectivity index (χ1v) is 9.54. The van der Waals surface area contributed by atoms with Crippen LogP contribution in [0.2, 0.25) is 5.02 Å². The lowest BCUT2D eigenvalue weighted by molar-refractivity contribution is -0.126. The second-order valence-corrected chi connectivity index (χ2v) is 6.73. The molecule has 2 aromatic carbocycles. The van der Waals surface area contributed by atoms with Crippen molar-refractivity contribution in [1.29, 1.82) is 0 Å². The summed E-state index contributed by atoms with van der Waals surface area (Å²) in [4.78, 5) is 25.1. The molecular weight excluding hydrogens is 449 g/mol. The van der Waals surface area contributed by atoms with Gasteiger partial charge in [-0.05, 0) is 31.2 Å². The average molecular weight is 470 g/mol. The molecule has 11 heteroatoms. The predicted octanol–water partition coefficient (Wildman–Crippen LogP) is 4.60. The van der Waals surface area contributed by atoms with E-state index in [0.29, 0.717) is 11.5 Å². The lowest BCUT2D eigenvalue weighted by atomic mass is 10.2. The van der Waals surface area contributed by atoms with Crippen molar-refractivity contribution in [2.45, 2.75) is 13.0 Å². The molecule has 2 rings (SSSR count). The Morgan fingerprint density at radius 1 is 0.935 bits per heavy atom. The van der Waals surface area contributed by atoms with Crippen molar-refractivity contribution < 1.29 is 28.5 Å². The SMILES string of the molecule is COc1ccc(N(Cl)C(=O)C(N=Nc2c(OC)ccc(OC)c2Cl)C(C)=O)c(OC)c1. The van der Waals surface area contributed by atoms with E-state index in [2.05, 4.69) is 10.2 Å². The maximum absolute atomic E-state index is 12.9. The van der Waals surface area contributed by atoms with Gasteiger partial charge in [0.2, 0.25) is 6.04 Å². The highest BCUT2D eigenvalue weighted by Crippen LogP contribution is 2.42. The van der Waals surface area contributed by atoms with E-state index in [0.717, 1.165) is 4.42 Å². The van der Waals surface area contributed by atoms with Gasteiger partial charge in [0, 0.05) is 17.8 Å². The number of hydrogen-bond donors (Lipinski definition) is 0. The van der Waals surface area contributed by atoms with Crippen LogP contribution in [-0.2, 0) is 9.59 Å². The van der Waals surface area contributed by atoms with Gasteiger partial charge in [-0.3, -0.25) is 9.59 Å². The molecule has 0 aromatic heterocycles. The van der Waals surface area contributed by atoms with Crippen LogP contribution in [0.1, 0.15) is 6.92 Å². The van der Waals surface area contributed by atoms with Gasteiger partial charge in [-0.1, -0.05) is 11.6 Å². The first-order chi connectivity index (χ1) is 14.8. The zero-order chi connectivity index (χ0) is 23.1. The topological polar surface area (TPSA) is 99.0 Å². The summed E-state index contributed by atoms with van der Waals surface area (Å²) >= 11 is 12.5. The van der Waals surface area contributed by atoms with Gasteiger partial charge in [0.25, 0.3) is 5.91 Å². The number of ketones is 1. The fraction of sp³-hybridized carbons (Fsp3) is 0.300. The fourth-order valence-electron chi connectivity index (χ4n) is 2.54. The van der Waals surface area contributed by atoms with Gasteiger partial charge in [0.1, 0.15) is 39.4 Å². The summed E-state index contributed by atoms with van der Waals surface area (Å²) in [7, 11) is 5.75. The smallest absolute Gasteiger partial charge is 0.276 e. The highest BCUT2D eigenvalue weighted by molar-refractivity contribution is 6.39. The second kappa shape index (κ2) is 10.8. The van der Waals surface area contributed by atoms with Crippen molar-refractivity contribution in [2.75, 3.05) is 32.9 Å². The highest BCUT2D eigenvalue weighted by atomic mass is 35.5. The maximum atomic E-state index is 12.9. The third-order valence-electron chi connectivity index (χ3n) is 4.17. The molecule has 0 heterocycles. The molecule has 0 N–H and O–H groups in total. The molecule has 31 heavy (non-hydrogen) atoms.